The normalized spacial score (nSPS) is 10.2. The third-order valence-corrected chi connectivity index (χ3v) is 10.2. The number of benzene rings is 6. The van der Waals surface area contributed by atoms with Gasteiger partial charge >= 0.3 is 16.5 Å². The topological polar surface area (TPSA) is 23.3 Å². The fourth-order valence-electron chi connectivity index (χ4n) is 5.14. The molecular formula is C43H45NNiOP+. The Balaban J connectivity index is 0.000000213. The van der Waals surface area contributed by atoms with Crippen LogP contribution in [-0.2, 0) is 16.5 Å². The Morgan fingerprint density at radius 1 is 0.511 bits per heavy atom. The first kappa shape index (κ1) is 37.3. The largest absolute Gasteiger partial charge is 2.00 e. The monoisotopic (exact) mass is 680 g/mol. The average molecular weight is 682 g/mol. The molecule has 0 heterocycles. The zero-order valence-corrected chi connectivity index (χ0v) is 29.9. The quantitative estimate of drug-likeness (QED) is 0.0891. The van der Waals surface area contributed by atoms with Crippen molar-refractivity contribution in [2.75, 3.05) is 7.11 Å². The average Bonchev–Trinajstić information content (AvgIpc) is 3.11. The van der Waals surface area contributed by atoms with Crippen LogP contribution >= 0.6 is 7.92 Å². The Hall–Kier alpha value is -4.16. The van der Waals surface area contributed by atoms with Crippen LogP contribution in [0.2, 0.25) is 0 Å². The SMILES string of the molecule is COc1ccccc1[N-]c1c(C(C)C)cccc1C(C)C.[Ni+2].[c-]1ccccc1.c1ccc([PH+](c2ccccc2)c2ccccc2)cc1. The van der Waals surface area contributed by atoms with Crippen molar-refractivity contribution in [3.63, 3.8) is 0 Å². The molecule has 0 fully saturated rings. The van der Waals surface area contributed by atoms with E-state index in [9.17, 15) is 0 Å². The number of nitrogens with zero attached hydrogens (tertiary/aromatic N) is 1. The first-order chi connectivity index (χ1) is 22.5. The predicted molar refractivity (Wildman–Crippen MR) is 202 cm³/mol. The van der Waals surface area contributed by atoms with E-state index in [1.165, 1.54) is 27.0 Å². The van der Waals surface area contributed by atoms with Crippen molar-refractivity contribution in [2.45, 2.75) is 39.5 Å². The summed E-state index contributed by atoms with van der Waals surface area (Å²) in [4.78, 5) is 0. The number of hydrogen-bond acceptors (Lipinski definition) is 1. The van der Waals surface area contributed by atoms with Crippen LogP contribution in [0.25, 0.3) is 5.32 Å². The second kappa shape index (κ2) is 20.2. The summed E-state index contributed by atoms with van der Waals surface area (Å²) in [5.41, 5.74) is 4.54. The van der Waals surface area contributed by atoms with Crippen LogP contribution < -0.4 is 20.7 Å². The van der Waals surface area contributed by atoms with E-state index >= 15 is 0 Å². The van der Waals surface area contributed by atoms with Crippen LogP contribution in [0.1, 0.15) is 50.7 Å². The van der Waals surface area contributed by atoms with Gasteiger partial charge in [-0.2, -0.15) is 36.4 Å². The summed E-state index contributed by atoms with van der Waals surface area (Å²) in [6, 6.07) is 59.4. The minimum Gasteiger partial charge on any atom is -0.654 e. The fourth-order valence-corrected chi connectivity index (χ4v) is 7.72. The Kier molecular flexibility index (Phi) is 16.0. The molecule has 242 valence electrons. The standard InChI is InChI=1S/C19H24NO.C18H15P.C6H5.Ni/c1-13(2)15-9-8-10-16(14(3)4)19(15)20-17-11-6-7-12-18(17)21-5;1-4-10-16(11-5-1)19(17-12-6-2-7-13-17)18-14-8-3-9-15-18;1-2-4-6-5-3-1;/h6-14H,1-5H3;1-15H;1-5H;/q-1;;-1;+2/p+1. The fraction of sp³-hybridized carbons (Fsp3) is 0.163. The summed E-state index contributed by atoms with van der Waals surface area (Å²) >= 11 is 0. The van der Waals surface area contributed by atoms with Gasteiger partial charge in [-0.3, -0.25) is 0 Å². The van der Waals surface area contributed by atoms with Gasteiger partial charge in [0.15, 0.2) is 0 Å². The number of para-hydroxylation sites is 3. The summed E-state index contributed by atoms with van der Waals surface area (Å²) < 4.78 is 5.42. The van der Waals surface area contributed by atoms with Crippen LogP contribution in [0.15, 0.2) is 164 Å². The first-order valence-corrected chi connectivity index (χ1v) is 17.4. The maximum atomic E-state index is 5.42. The Morgan fingerprint density at radius 3 is 1.28 bits per heavy atom. The molecule has 4 heteroatoms. The molecule has 0 N–H and O–H groups in total. The molecule has 0 saturated carbocycles. The van der Waals surface area contributed by atoms with Gasteiger partial charge in [0.05, 0.1) is 15.0 Å². The maximum absolute atomic E-state index is 5.42. The molecule has 6 aromatic carbocycles. The smallest absolute Gasteiger partial charge is 0.654 e. The van der Waals surface area contributed by atoms with Crippen LogP contribution in [-0.4, -0.2) is 7.11 Å². The zero-order chi connectivity index (χ0) is 32.6. The summed E-state index contributed by atoms with van der Waals surface area (Å²) in [5.74, 6) is 1.69. The third-order valence-electron chi connectivity index (χ3n) is 7.45. The van der Waals surface area contributed by atoms with Crippen molar-refractivity contribution in [3.05, 3.63) is 186 Å². The summed E-state index contributed by atoms with van der Waals surface area (Å²) in [7, 11) is 0.809. The van der Waals surface area contributed by atoms with Crippen molar-refractivity contribution >= 4 is 35.2 Å². The van der Waals surface area contributed by atoms with Gasteiger partial charge in [0.2, 0.25) is 0 Å². The molecule has 0 spiro atoms. The third kappa shape index (κ3) is 11.2. The molecule has 0 unspecified atom stereocenters. The molecule has 0 bridgehead atoms. The Bertz CT molecular complexity index is 1550. The molecule has 47 heavy (non-hydrogen) atoms. The van der Waals surface area contributed by atoms with Gasteiger partial charge in [-0.25, -0.2) is 0 Å². The van der Waals surface area contributed by atoms with Crippen LogP contribution in [0, 0.1) is 6.07 Å². The Morgan fingerprint density at radius 2 is 0.915 bits per heavy atom. The van der Waals surface area contributed by atoms with Crippen molar-refractivity contribution in [3.8, 4) is 5.75 Å². The molecule has 6 aromatic rings. The van der Waals surface area contributed by atoms with Gasteiger partial charge in [0.1, 0.15) is 21.7 Å². The van der Waals surface area contributed by atoms with E-state index in [4.69, 9.17) is 10.1 Å². The minimum absolute atomic E-state index is 0. The molecule has 0 aliphatic carbocycles. The van der Waals surface area contributed by atoms with Crippen LogP contribution in [0.5, 0.6) is 5.75 Å². The second-order valence-corrected chi connectivity index (χ2v) is 13.9. The molecule has 0 saturated heterocycles. The summed E-state index contributed by atoms with van der Waals surface area (Å²) in [6.45, 7) is 8.84. The van der Waals surface area contributed by atoms with E-state index in [-0.39, 0.29) is 16.5 Å². The number of hydrogen-bond donors (Lipinski definition) is 0. The molecular weight excluding hydrogens is 636 g/mol. The number of methoxy groups -OCH3 is 1. The van der Waals surface area contributed by atoms with E-state index < -0.39 is 7.92 Å². The van der Waals surface area contributed by atoms with E-state index in [0.29, 0.717) is 11.8 Å². The van der Waals surface area contributed by atoms with Crippen molar-refractivity contribution in [1.29, 1.82) is 0 Å². The predicted octanol–water partition coefficient (Wildman–Crippen LogP) is 10.9. The van der Waals surface area contributed by atoms with E-state index in [1.807, 2.05) is 54.6 Å². The van der Waals surface area contributed by atoms with Gasteiger partial charge in [0.25, 0.3) is 0 Å². The molecule has 0 radical (unpaired) electrons. The summed E-state index contributed by atoms with van der Waals surface area (Å²) in [6.07, 6.45) is 0. The number of rotatable bonds is 8. The first-order valence-electron chi connectivity index (χ1n) is 15.9. The molecule has 0 aliphatic rings. The van der Waals surface area contributed by atoms with Crippen LogP contribution in [0.3, 0.4) is 0 Å². The van der Waals surface area contributed by atoms with Gasteiger partial charge < -0.3 is 10.1 Å². The Labute approximate surface area is 293 Å². The molecule has 0 atom stereocenters. The van der Waals surface area contributed by atoms with Gasteiger partial charge in [-0.05, 0) is 54.3 Å². The van der Waals surface area contributed by atoms with Crippen molar-refractivity contribution in [2.24, 2.45) is 0 Å². The summed E-state index contributed by atoms with van der Waals surface area (Å²) in [5, 5.41) is 9.23. The van der Waals surface area contributed by atoms with Crippen LogP contribution in [0.4, 0.5) is 11.4 Å². The molecule has 0 aromatic heterocycles. The van der Waals surface area contributed by atoms with Crippen molar-refractivity contribution in [1.82, 2.24) is 0 Å². The second-order valence-electron chi connectivity index (χ2n) is 11.4. The number of ether oxygens (including phenoxy) is 1. The van der Waals surface area contributed by atoms with Gasteiger partial charge in [-0.1, -0.05) is 136 Å². The maximum Gasteiger partial charge on any atom is 2.00 e. The van der Waals surface area contributed by atoms with E-state index in [2.05, 4.69) is 143 Å². The van der Waals surface area contributed by atoms with E-state index in [1.54, 1.807) is 7.11 Å². The van der Waals surface area contributed by atoms with E-state index in [0.717, 1.165) is 17.1 Å². The molecule has 0 aliphatic heterocycles. The van der Waals surface area contributed by atoms with Gasteiger partial charge in [0, 0.05) is 0 Å². The molecule has 2 nitrogen and oxygen atoms in total. The molecule has 0 amide bonds. The van der Waals surface area contributed by atoms with Crippen molar-refractivity contribution < 1.29 is 21.2 Å². The van der Waals surface area contributed by atoms with Gasteiger partial charge in [-0.15, -0.1) is 5.69 Å². The molecule has 6 rings (SSSR count). The zero-order valence-electron chi connectivity index (χ0n) is 27.9. The minimum atomic E-state index is -0.877.